The predicted octanol–water partition coefficient (Wildman–Crippen LogP) is 6.34. The third-order valence-electron chi connectivity index (χ3n) is 5.00. The Balaban J connectivity index is 0.000000194. The van der Waals surface area contributed by atoms with Crippen LogP contribution in [0.2, 0.25) is 0 Å². The van der Waals surface area contributed by atoms with E-state index >= 15 is 0 Å². The van der Waals surface area contributed by atoms with Crippen LogP contribution in [0.25, 0.3) is 10.9 Å². The Bertz CT molecular complexity index is 1260. The zero-order chi connectivity index (χ0) is 20.2. The second-order valence-corrected chi connectivity index (χ2v) is 6.93. The van der Waals surface area contributed by atoms with E-state index in [-0.39, 0.29) is 22.4 Å². The maximum Gasteiger partial charge on any atom is 1.00 e. The molecule has 0 saturated carbocycles. The molecule has 4 aromatic carbocycles. The first-order valence-electron chi connectivity index (χ1n) is 9.92. The van der Waals surface area contributed by atoms with Crippen LogP contribution in [-0.2, 0) is 22.4 Å². The molecule has 4 heteroatoms. The Kier molecular flexibility index (Phi) is 6.42. The summed E-state index contributed by atoms with van der Waals surface area (Å²) >= 11 is 0. The van der Waals surface area contributed by atoms with Gasteiger partial charge in [-0.05, 0) is 14.5 Å². The molecule has 0 unspecified atom stereocenters. The van der Waals surface area contributed by atoms with Crippen molar-refractivity contribution in [2.75, 3.05) is 0 Å². The largest absolute Gasteiger partial charge is 1.00 e. The van der Waals surface area contributed by atoms with Crippen molar-refractivity contribution in [2.24, 2.45) is 0 Å². The molecular formula is C27H20AuN3+2. The molecule has 0 fully saturated rings. The number of fused-ring (bicyclic) bond motifs is 2. The molecule has 0 spiro atoms. The fraction of sp³-hybridized carbons (Fsp3) is 0. The van der Waals surface area contributed by atoms with Gasteiger partial charge in [0.15, 0.2) is 0 Å². The summed E-state index contributed by atoms with van der Waals surface area (Å²) in [5, 5.41) is 1.22. The standard InChI is InChI=1S/C19H14N2.C8H6N.Au/c1-3-9-16(10-4-1)20-15-21(17-11-5-2-6-12-17)19-14-8-7-13-18(19)20;1-2-4-8-7(3-1)5-6-9-8;/h1-14H;1-6H;/q+2;-1;+1. The van der Waals surface area contributed by atoms with Crippen LogP contribution in [0.1, 0.15) is 0 Å². The van der Waals surface area contributed by atoms with Crippen LogP contribution in [0.4, 0.5) is 22.7 Å². The number of rotatable bonds is 2. The Morgan fingerprint density at radius 3 is 1.55 bits per heavy atom. The zero-order valence-electron chi connectivity index (χ0n) is 16.7. The molecule has 31 heavy (non-hydrogen) atoms. The average Bonchev–Trinajstić information content (AvgIpc) is 3.46. The second kappa shape index (κ2) is 9.57. The minimum absolute atomic E-state index is 0. The number of para-hydroxylation sites is 5. The van der Waals surface area contributed by atoms with Gasteiger partial charge in [0.05, 0.1) is 0 Å². The van der Waals surface area contributed by atoms with E-state index < -0.39 is 0 Å². The van der Waals surface area contributed by atoms with E-state index in [1.807, 2.05) is 66.9 Å². The van der Waals surface area contributed by atoms with E-state index in [0.29, 0.717) is 0 Å². The van der Waals surface area contributed by atoms with Gasteiger partial charge in [-0.3, -0.25) is 0 Å². The molecule has 0 N–H and O–H groups in total. The van der Waals surface area contributed by atoms with Crippen LogP contribution < -0.4 is 14.1 Å². The van der Waals surface area contributed by atoms with Gasteiger partial charge >= 0.3 is 28.4 Å². The van der Waals surface area contributed by atoms with Crippen LogP contribution in [0.3, 0.4) is 0 Å². The Labute approximate surface area is 197 Å². The minimum atomic E-state index is 0. The van der Waals surface area contributed by atoms with E-state index in [1.54, 1.807) is 0 Å². The summed E-state index contributed by atoms with van der Waals surface area (Å²) in [6.45, 7) is 0. The molecule has 0 amide bonds. The number of hydrogen-bond donors (Lipinski definition) is 0. The summed E-state index contributed by atoms with van der Waals surface area (Å²) in [4.78, 5) is 4.12. The molecule has 1 aromatic heterocycles. The zero-order valence-corrected chi connectivity index (χ0v) is 18.9. The van der Waals surface area contributed by atoms with Gasteiger partial charge in [-0.15, -0.1) is 5.52 Å². The van der Waals surface area contributed by atoms with Gasteiger partial charge in [0.2, 0.25) is 11.4 Å². The summed E-state index contributed by atoms with van der Waals surface area (Å²) in [6.07, 6.45) is 1.82. The smallest absolute Gasteiger partial charge is 0.664 e. The van der Waals surface area contributed by atoms with E-state index in [2.05, 4.69) is 74.7 Å². The van der Waals surface area contributed by atoms with Gasteiger partial charge in [0, 0.05) is 36.4 Å². The number of aromatic nitrogens is 1. The molecule has 6 rings (SSSR count). The molecule has 5 aromatic rings. The fourth-order valence-electron chi connectivity index (χ4n) is 3.54. The quantitative estimate of drug-likeness (QED) is 0.172. The van der Waals surface area contributed by atoms with Crippen molar-refractivity contribution in [3.05, 3.63) is 121 Å². The van der Waals surface area contributed by atoms with Crippen LogP contribution in [0, 0.1) is 0 Å². The molecule has 3 nitrogen and oxygen atoms in total. The maximum absolute atomic E-state index is 4.12. The summed E-state index contributed by atoms with van der Waals surface area (Å²) in [5.74, 6) is 0. The van der Waals surface area contributed by atoms with Crippen LogP contribution >= 0.6 is 0 Å². The molecule has 0 bridgehead atoms. The van der Waals surface area contributed by atoms with Crippen molar-refractivity contribution in [1.82, 2.24) is 14.1 Å². The predicted molar refractivity (Wildman–Crippen MR) is 125 cm³/mol. The van der Waals surface area contributed by atoms with Gasteiger partial charge < -0.3 is 4.98 Å². The average molecular weight is 583 g/mol. The van der Waals surface area contributed by atoms with Gasteiger partial charge in [-0.2, -0.15) is 6.20 Å². The van der Waals surface area contributed by atoms with Crippen LogP contribution in [0.15, 0.2) is 121 Å². The van der Waals surface area contributed by atoms with Crippen LogP contribution in [0.5, 0.6) is 0 Å². The van der Waals surface area contributed by atoms with Crippen molar-refractivity contribution in [3.8, 4) is 0 Å². The first kappa shape index (κ1) is 20.8. The molecule has 0 radical (unpaired) electrons. The molecular weight excluding hydrogens is 563 g/mol. The van der Waals surface area contributed by atoms with E-state index in [0.717, 1.165) is 28.3 Å². The maximum atomic E-state index is 4.12. The SMILES string of the molecule is C1=[N+](c2ccccc2)c2ccccc2[N+]=1c1ccccc1.[Au+].c1ccc2[n-]ccc2c1. The topological polar surface area (TPSA) is 20.1 Å². The van der Waals surface area contributed by atoms with Gasteiger partial charge in [0.25, 0.3) is 11.4 Å². The van der Waals surface area contributed by atoms with Crippen molar-refractivity contribution in [2.45, 2.75) is 0 Å². The van der Waals surface area contributed by atoms with Crippen molar-refractivity contribution in [1.29, 1.82) is 0 Å². The van der Waals surface area contributed by atoms with E-state index in [1.165, 1.54) is 5.39 Å². The van der Waals surface area contributed by atoms with E-state index in [9.17, 15) is 0 Å². The minimum Gasteiger partial charge on any atom is -0.664 e. The monoisotopic (exact) mass is 583 g/mol. The Morgan fingerprint density at radius 2 is 1.00 bits per heavy atom. The Hall–Kier alpha value is -3.46. The normalized spacial score (nSPS) is 11.5. The summed E-state index contributed by atoms with van der Waals surface area (Å²) in [7, 11) is 0. The molecule has 0 saturated heterocycles. The summed E-state index contributed by atoms with van der Waals surface area (Å²) in [6, 6.07) is 42.5. The fourth-order valence-corrected chi connectivity index (χ4v) is 3.54. The third kappa shape index (κ3) is 4.36. The van der Waals surface area contributed by atoms with E-state index in [4.69, 9.17) is 0 Å². The number of nitrogens with zero attached hydrogens (tertiary/aromatic N) is 3. The molecule has 1 aliphatic rings. The molecule has 1 aliphatic heterocycles. The van der Waals surface area contributed by atoms with Crippen LogP contribution in [-0.4, -0.2) is 6.01 Å². The van der Waals surface area contributed by atoms with Crippen molar-refractivity contribution < 1.29 is 22.4 Å². The second-order valence-electron chi connectivity index (χ2n) is 6.93. The van der Waals surface area contributed by atoms with Gasteiger partial charge in [-0.1, -0.05) is 78.9 Å². The molecule has 2 heterocycles. The number of hydrogen-bond acceptors (Lipinski definition) is 0. The first-order valence-corrected chi connectivity index (χ1v) is 9.92. The number of benzene rings is 4. The molecule has 152 valence electrons. The Morgan fingerprint density at radius 1 is 0.516 bits per heavy atom. The molecule has 0 atom stereocenters. The van der Waals surface area contributed by atoms with Gasteiger partial charge in [0.1, 0.15) is 0 Å². The third-order valence-corrected chi connectivity index (χ3v) is 5.00. The van der Waals surface area contributed by atoms with Crippen molar-refractivity contribution in [3.63, 3.8) is 0 Å². The van der Waals surface area contributed by atoms with Gasteiger partial charge in [-0.25, -0.2) is 0 Å². The summed E-state index contributed by atoms with van der Waals surface area (Å²) in [5.41, 5.74) is 5.60. The molecule has 0 aliphatic carbocycles. The summed E-state index contributed by atoms with van der Waals surface area (Å²) < 4.78 is 4.20. The van der Waals surface area contributed by atoms with Crippen molar-refractivity contribution >= 4 is 39.7 Å². The first-order chi connectivity index (χ1) is 14.9.